The van der Waals surface area contributed by atoms with Gasteiger partial charge < -0.3 is 5.32 Å². The standard InChI is InChI=1S/C18H28N2/c1-3-19-18-10-11-20(13-14(18)2)17-9-8-15-6-4-5-7-16(15)12-17/h4-7,14,17-19H,3,8-13H2,1-2H3. The minimum atomic E-state index is 0.729. The summed E-state index contributed by atoms with van der Waals surface area (Å²) in [6, 6.07) is 10.5. The lowest BCUT2D eigenvalue weighted by atomic mass is 9.85. The molecule has 3 atom stereocenters. The van der Waals surface area contributed by atoms with Crippen molar-refractivity contribution in [1.29, 1.82) is 0 Å². The van der Waals surface area contributed by atoms with Crippen molar-refractivity contribution < 1.29 is 0 Å². The summed E-state index contributed by atoms with van der Waals surface area (Å²) in [6.45, 7) is 8.28. The van der Waals surface area contributed by atoms with Gasteiger partial charge in [0.05, 0.1) is 0 Å². The van der Waals surface area contributed by atoms with Gasteiger partial charge >= 0.3 is 0 Å². The van der Waals surface area contributed by atoms with Crippen LogP contribution in [0.5, 0.6) is 0 Å². The third-order valence-electron chi connectivity index (χ3n) is 5.24. The third kappa shape index (κ3) is 2.91. The molecule has 1 aromatic rings. The Labute approximate surface area is 123 Å². The minimum absolute atomic E-state index is 0.729. The summed E-state index contributed by atoms with van der Waals surface area (Å²) in [5.41, 5.74) is 3.17. The number of likely N-dealkylation sites (tertiary alicyclic amines) is 1. The van der Waals surface area contributed by atoms with Gasteiger partial charge in [0.15, 0.2) is 0 Å². The lowest BCUT2D eigenvalue weighted by Crippen LogP contribution is -2.52. The molecule has 1 aliphatic carbocycles. The van der Waals surface area contributed by atoms with E-state index in [4.69, 9.17) is 0 Å². The smallest absolute Gasteiger partial charge is 0.0139 e. The van der Waals surface area contributed by atoms with Crippen molar-refractivity contribution in [2.45, 2.75) is 51.6 Å². The maximum atomic E-state index is 3.65. The number of hydrogen-bond acceptors (Lipinski definition) is 2. The number of benzene rings is 1. The van der Waals surface area contributed by atoms with Crippen molar-refractivity contribution >= 4 is 0 Å². The normalized spacial score (nSPS) is 31.0. The Morgan fingerprint density at radius 1 is 1.20 bits per heavy atom. The van der Waals surface area contributed by atoms with Gasteiger partial charge in [-0.3, -0.25) is 4.90 Å². The molecule has 0 spiro atoms. The van der Waals surface area contributed by atoms with E-state index in [1.54, 1.807) is 11.1 Å². The second kappa shape index (κ2) is 6.28. The van der Waals surface area contributed by atoms with Gasteiger partial charge in [-0.1, -0.05) is 38.1 Å². The molecule has 1 aliphatic heterocycles. The molecule has 20 heavy (non-hydrogen) atoms. The fourth-order valence-corrected chi connectivity index (χ4v) is 4.07. The maximum Gasteiger partial charge on any atom is 0.0139 e. The molecule has 0 bridgehead atoms. The zero-order valence-electron chi connectivity index (χ0n) is 12.9. The highest BCUT2D eigenvalue weighted by molar-refractivity contribution is 5.30. The fraction of sp³-hybridized carbons (Fsp3) is 0.667. The zero-order chi connectivity index (χ0) is 13.9. The van der Waals surface area contributed by atoms with Crippen molar-refractivity contribution in [3.05, 3.63) is 35.4 Å². The van der Waals surface area contributed by atoms with E-state index < -0.39 is 0 Å². The van der Waals surface area contributed by atoms with E-state index in [9.17, 15) is 0 Å². The van der Waals surface area contributed by atoms with Crippen LogP contribution in [0.4, 0.5) is 0 Å². The summed E-state index contributed by atoms with van der Waals surface area (Å²) in [5, 5.41) is 3.65. The molecule has 0 saturated carbocycles. The zero-order valence-corrected chi connectivity index (χ0v) is 12.9. The lowest BCUT2D eigenvalue weighted by molar-refractivity contribution is 0.0965. The molecular weight excluding hydrogens is 244 g/mol. The highest BCUT2D eigenvalue weighted by atomic mass is 15.2. The Balaban J connectivity index is 1.62. The van der Waals surface area contributed by atoms with Gasteiger partial charge in [-0.15, -0.1) is 0 Å². The average molecular weight is 272 g/mol. The van der Waals surface area contributed by atoms with Crippen molar-refractivity contribution in [2.75, 3.05) is 19.6 Å². The molecule has 3 rings (SSSR count). The van der Waals surface area contributed by atoms with Crippen LogP contribution in [0, 0.1) is 5.92 Å². The molecule has 3 unspecified atom stereocenters. The van der Waals surface area contributed by atoms with Gasteiger partial charge in [-0.25, -0.2) is 0 Å². The quantitative estimate of drug-likeness (QED) is 0.910. The number of rotatable bonds is 3. The Bertz CT molecular complexity index is 443. The monoisotopic (exact) mass is 272 g/mol. The van der Waals surface area contributed by atoms with Crippen LogP contribution in [0.1, 0.15) is 37.8 Å². The first-order chi connectivity index (χ1) is 9.78. The molecule has 1 saturated heterocycles. The van der Waals surface area contributed by atoms with Crippen molar-refractivity contribution in [3.8, 4) is 0 Å². The van der Waals surface area contributed by atoms with Crippen LogP contribution in [-0.2, 0) is 12.8 Å². The van der Waals surface area contributed by atoms with Crippen LogP contribution in [0.3, 0.4) is 0 Å². The maximum absolute atomic E-state index is 3.65. The Hall–Kier alpha value is -0.860. The van der Waals surface area contributed by atoms with Crippen LogP contribution < -0.4 is 5.32 Å². The molecule has 2 heteroatoms. The van der Waals surface area contributed by atoms with Gasteiger partial charge in [0.2, 0.25) is 0 Å². The highest BCUT2D eigenvalue weighted by Gasteiger charge is 2.31. The van der Waals surface area contributed by atoms with Gasteiger partial charge in [-0.2, -0.15) is 0 Å². The van der Waals surface area contributed by atoms with Crippen LogP contribution in [-0.4, -0.2) is 36.6 Å². The van der Waals surface area contributed by atoms with Crippen LogP contribution in [0.15, 0.2) is 24.3 Å². The summed E-state index contributed by atoms with van der Waals surface area (Å²) in [5.74, 6) is 0.779. The minimum Gasteiger partial charge on any atom is -0.314 e. The fourth-order valence-electron chi connectivity index (χ4n) is 4.07. The lowest BCUT2D eigenvalue weighted by Gasteiger charge is -2.43. The summed E-state index contributed by atoms with van der Waals surface area (Å²) < 4.78 is 0. The van der Waals surface area contributed by atoms with Crippen LogP contribution in [0.25, 0.3) is 0 Å². The molecular formula is C18H28N2. The van der Waals surface area contributed by atoms with E-state index in [0.29, 0.717) is 0 Å². The number of nitrogens with zero attached hydrogens (tertiary/aromatic N) is 1. The Morgan fingerprint density at radius 2 is 2.00 bits per heavy atom. The molecule has 2 nitrogen and oxygen atoms in total. The first-order valence-corrected chi connectivity index (χ1v) is 8.32. The Morgan fingerprint density at radius 3 is 2.75 bits per heavy atom. The molecule has 1 aromatic carbocycles. The van der Waals surface area contributed by atoms with E-state index in [1.807, 2.05) is 0 Å². The number of fused-ring (bicyclic) bond motifs is 1. The van der Waals surface area contributed by atoms with Crippen molar-refractivity contribution in [1.82, 2.24) is 10.2 Å². The SMILES string of the molecule is CCNC1CCN(C2CCc3ccccc3C2)CC1C. The molecule has 1 heterocycles. The van der Waals surface area contributed by atoms with Crippen molar-refractivity contribution in [2.24, 2.45) is 5.92 Å². The highest BCUT2D eigenvalue weighted by Crippen LogP contribution is 2.27. The van der Waals surface area contributed by atoms with Gasteiger partial charge in [0.25, 0.3) is 0 Å². The van der Waals surface area contributed by atoms with E-state index in [0.717, 1.165) is 24.5 Å². The summed E-state index contributed by atoms with van der Waals surface area (Å²) >= 11 is 0. The second-order valence-electron chi connectivity index (χ2n) is 6.59. The molecule has 0 amide bonds. The van der Waals surface area contributed by atoms with E-state index in [2.05, 4.69) is 48.3 Å². The predicted octanol–water partition coefficient (Wildman–Crippen LogP) is 2.86. The molecule has 110 valence electrons. The van der Waals surface area contributed by atoms with E-state index >= 15 is 0 Å². The third-order valence-corrected chi connectivity index (χ3v) is 5.24. The number of piperidine rings is 1. The molecule has 0 radical (unpaired) electrons. The molecule has 1 N–H and O–H groups in total. The van der Waals surface area contributed by atoms with E-state index in [-0.39, 0.29) is 0 Å². The largest absolute Gasteiger partial charge is 0.314 e. The topological polar surface area (TPSA) is 15.3 Å². The predicted molar refractivity (Wildman–Crippen MR) is 85.1 cm³/mol. The number of nitrogens with one attached hydrogen (secondary N) is 1. The van der Waals surface area contributed by atoms with Gasteiger partial charge in [-0.05, 0) is 55.8 Å². The summed E-state index contributed by atoms with van der Waals surface area (Å²) in [6.07, 6.45) is 5.18. The summed E-state index contributed by atoms with van der Waals surface area (Å²) in [7, 11) is 0. The number of hydrogen-bond donors (Lipinski definition) is 1. The van der Waals surface area contributed by atoms with Gasteiger partial charge in [0, 0.05) is 18.6 Å². The average Bonchev–Trinajstić information content (AvgIpc) is 2.49. The molecule has 1 fully saturated rings. The first kappa shape index (κ1) is 14.1. The second-order valence-corrected chi connectivity index (χ2v) is 6.59. The van der Waals surface area contributed by atoms with Crippen LogP contribution in [0.2, 0.25) is 0 Å². The van der Waals surface area contributed by atoms with Gasteiger partial charge in [0.1, 0.15) is 0 Å². The molecule has 0 aromatic heterocycles. The Kier molecular flexibility index (Phi) is 4.42. The van der Waals surface area contributed by atoms with E-state index in [1.165, 1.54) is 38.8 Å². The summed E-state index contributed by atoms with van der Waals surface area (Å²) in [4.78, 5) is 2.76. The number of aryl methyl sites for hydroxylation is 1. The first-order valence-electron chi connectivity index (χ1n) is 8.32. The molecule has 2 aliphatic rings. The van der Waals surface area contributed by atoms with Crippen molar-refractivity contribution in [3.63, 3.8) is 0 Å². The van der Waals surface area contributed by atoms with Crippen LogP contribution >= 0.6 is 0 Å².